The summed E-state index contributed by atoms with van der Waals surface area (Å²) in [6.45, 7) is 2.25. The third-order valence-electron chi connectivity index (χ3n) is 3.98. The number of thioether (sulfide) groups is 1. The number of nitrogens with one attached hydrogen (secondary N) is 1. The fraction of sp³-hybridized carbons (Fsp3) is 0.350. The molecule has 0 bridgehead atoms. The van der Waals surface area contributed by atoms with E-state index in [0.717, 1.165) is 22.6 Å². The van der Waals surface area contributed by atoms with E-state index in [1.165, 1.54) is 11.4 Å². The molecule has 8 heteroatoms. The molecule has 1 N–H and O–H groups in total. The van der Waals surface area contributed by atoms with Gasteiger partial charge in [-0.15, -0.1) is 11.8 Å². The summed E-state index contributed by atoms with van der Waals surface area (Å²) in [6, 6.07) is 14.6. The standard InChI is InChI=1S/C20H26N2O4S2/c1-4-27-19-13-8-5-10-16(19)21-20(23)14-9-15-22(28(3,24)25)17-11-6-7-12-18(17)26-2/h5-8,10-13H,4,9,14-15H2,1-3H3,(H,21,23). The van der Waals surface area contributed by atoms with Crippen molar-refractivity contribution in [2.45, 2.75) is 24.7 Å². The van der Waals surface area contributed by atoms with Crippen LogP contribution in [0, 0.1) is 0 Å². The minimum absolute atomic E-state index is 0.141. The lowest BCUT2D eigenvalue weighted by Crippen LogP contribution is -2.31. The van der Waals surface area contributed by atoms with Gasteiger partial charge in [-0.1, -0.05) is 31.2 Å². The zero-order chi connectivity index (χ0) is 20.6. The molecule has 2 aromatic rings. The second-order valence-electron chi connectivity index (χ2n) is 6.09. The van der Waals surface area contributed by atoms with Crippen LogP contribution in [0.25, 0.3) is 0 Å². The third-order valence-corrected chi connectivity index (χ3v) is 6.12. The topological polar surface area (TPSA) is 75.7 Å². The highest BCUT2D eigenvalue weighted by molar-refractivity contribution is 7.99. The zero-order valence-electron chi connectivity index (χ0n) is 16.3. The Labute approximate surface area is 171 Å². The zero-order valence-corrected chi connectivity index (χ0v) is 18.0. The van der Waals surface area contributed by atoms with Gasteiger partial charge in [0.15, 0.2) is 0 Å². The molecule has 1 amide bonds. The molecule has 2 rings (SSSR count). The molecule has 0 fully saturated rings. The van der Waals surface area contributed by atoms with Crippen molar-refractivity contribution >= 4 is 39.1 Å². The first-order valence-corrected chi connectivity index (χ1v) is 11.8. The number of hydrogen-bond acceptors (Lipinski definition) is 5. The molecule has 0 radical (unpaired) electrons. The molecule has 2 aromatic carbocycles. The second kappa shape index (κ2) is 10.4. The summed E-state index contributed by atoms with van der Waals surface area (Å²) in [4.78, 5) is 13.4. The van der Waals surface area contributed by atoms with Gasteiger partial charge in [0, 0.05) is 17.9 Å². The van der Waals surface area contributed by atoms with E-state index in [4.69, 9.17) is 4.74 Å². The number of hydrogen-bond donors (Lipinski definition) is 1. The summed E-state index contributed by atoms with van der Waals surface area (Å²) >= 11 is 1.66. The van der Waals surface area contributed by atoms with Crippen molar-refractivity contribution < 1.29 is 17.9 Å². The van der Waals surface area contributed by atoms with Gasteiger partial charge in [0.05, 0.1) is 24.7 Å². The third kappa shape index (κ3) is 6.17. The van der Waals surface area contributed by atoms with Crippen LogP contribution in [-0.2, 0) is 14.8 Å². The van der Waals surface area contributed by atoms with E-state index in [2.05, 4.69) is 12.2 Å². The molecule has 0 atom stereocenters. The molecule has 6 nitrogen and oxygen atoms in total. The number of anilines is 2. The largest absolute Gasteiger partial charge is 0.495 e. The Morgan fingerprint density at radius 1 is 1.14 bits per heavy atom. The number of amides is 1. The minimum atomic E-state index is -3.50. The first-order chi connectivity index (χ1) is 13.4. The van der Waals surface area contributed by atoms with E-state index >= 15 is 0 Å². The minimum Gasteiger partial charge on any atom is -0.495 e. The molecule has 152 valence electrons. The van der Waals surface area contributed by atoms with E-state index in [0.29, 0.717) is 17.9 Å². The number of rotatable bonds is 10. The summed E-state index contributed by atoms with van der Waals surface area (Å²) in [5, 5.41) is 2.92. The molecule has 0 spiro atoms. The Kier molecular flexibility index (Phi) is 8.19. The number of methoxy groups -OCH3 is 1. The van der Waals surface area contributed by atoms with Gasteiger partial charge in [-0.3, -0.25) is 9.10 Å². The van der Waals surface area contributed by atoms with E-state index in [9.17, 15) is 13.2 Å². The predicted octanol–water partition coefficient (Wildman–Crippen LogP) is 3.99. The molecule has 0 unspecified atom stereocenters. The Morgan fingerprint density at radius 3 is 2.50 bits per heavy atom. The Hall–Kier alpha value is -2.19. The lowest BCUT2D eigenvalue weighted by molar-refractivity contribution is -0.116. The van der Waals surface area contributed by atoms with Crippen molar-refractivity contribution in [2.24, 2.45) is 0 Å². The van der Waals surface area contributed by atoms with Crippen LogP contribution in [0.15, 0.2) is 53.4 Å². The van der Waals surface area contributed by atoms with Gasteiger partial charge >= 0.3 is 0 Å². The van der Waals surface area contributed by atoms with Gasteiger partial charge in [0.1, 0.15) is 5.75 Å². The van der Waals surface area contributed by atoms with Gasteiger partial charge in [-0.05, 0) is 36.4 Å². The van der Waals surface area contributed by atoms with Crippen molar-refractivity contribution in [1.29, 1.82) is 0 Å². The lowest BCUT2D eigenvalue weighted by Gasteiger charge is -2.24. The highest BCUT2D eigenvalue weighted by Crippen LogP contribution is 2.30. The van der Waals surface area contributed by atoms with Gasteiger partial charge in [-0.25, -0.2) is 8.42 Å². The summed E-state index contributed by atoms with van der Waals surface area (Å²) in [6.07, 6.45) is 1.75. The molecule has 28 heavy (non-hydrogen) atoms. The normalized spacial score (nSPS) is 11.1. The average Bonchev–Trinajstić information content (AvgIpc) is 2.66. The first kappa shape index (κ1) is 22.1. The molecule has 0 aliphatic heterocycles. The maximum absolute atomic E-state index is 12.3. The van der Waals surface area contributed by atoms with Crippen LogP contribution < -0.4 is 14.4 Å². The number of para-hydroxylation sites is 3. The van der Waals surface area contributed by atoms with Crippen LogP contribution in [0.2, 0.25) is 0 Å². The SMILES string of the molecule is CCSc1ccccc1NC(=O)CCCN(c1ccccc1OC)S(C)(=O)=O. The van der Waals surface area contributed by atoms with Crippen LogP contribution >= 0.6 is 11.8 Å². The molecule has 0 aliphatic rings. The molecule has 0 saturated heterocycles. The molecule has 0 aliphatic carbocycles. The number of carbonyl (C=O) groups is 1. The van der Waals surface area contributed by atoms with Crippen LogP contribution in [-0.4, -0.2) is 40.0 Å². The smallest absolute Gasteiger partial charge is 0.232 e. The molecule has 0 heterocycles. The number of carbonyl (C=O) groups excluding carboxylic acids is 1. The summed E-state index contributed by atoms with van der Waals surface area (Å²) in [5.41, 5.74) is 1.25. The number of ether oxygens (including phenoxy) is 1. The van der Waals surface area contributed by atoms with Crippen molar-refractivity contribution in [3.63, 3.8) is 0 Å². The lowest BCUT2D eigenvalue weighted by atomic mass is 10.2. The van der Waals surface area contributed by atoms with Crippen LogP contribution in [0.4, 0.5) is 11.4 Å². The Morgan fingerprint density at radius 2 is 1.82 bits per heavy atom. The van der Waals surface area contributed by atoms with Crippen molar-refractivity contribution in [1.82, 2.24) is 0 Å². The van der Waals surface area contributed by atoms with Crippen molar-refractivity contribution in [3.8, 4) is 5.75 Å². The fourth-order valence-corrected chi connectivity index (χ4v) is 4.48. The van der Waals surface area contributed by atoms with E-state index < -0.39 is 10.0 Å². The maximum Gasteiger partial charge on any atom is 0.232 e. The molecule has 0 aromatic heterocycles. The highest BCUT2D eigenvalue weighted by Gasteiger charge is 2.21. The van der Waals surface area contributed by atoms with Crippen molar-refractivity contribution in [2.75, 3.05) is 35.3 Å². The maximum atomic E-state index is 12.3. The number of nitrogens with zero attached hydrogens (tertiary/aromatic N) is 1. The first-order valence-electron chi connectivity index (χ1n) is 8.99. The number of benzene rings is 2. The monoisotopic (exact) mass is 422 g/mol. The Balaban J connectivity index is 2.02. The van der Waals surface area contributed by atoms with E-state index in [1.807, 2.05) is 24.3 Å². The molecular formula is C20H26N2O4S2. The second-order valence-corrected chi connectivity index (χ2v) is 9.30. The van der Waals surface area contributed by atoms with Gasteiger partial charge in [0.2, 0.25) is 15.9 Å². The quantitative estimate of drug-likeness (QED) is 0.586. The number of sulfonamides is 1. The van der Waals surface area contributed by atoms with Gasteiger partial charge in [-0.2, -0.15) is 0 Å². The van der Waals surface area contributed by atoms with E-state index in [-0.39, 0.29) is 18.9 Å². The van der Waals surface area contributed by atoms with Crippen molar-refractivity contribution in [3.05, 3.63) is 48.5 Å². The van der Waals surface area contributed by atoms with Crippen LogP contribution in [0.5, 0.6) is 5.75 Å². The van der Waals surface area contributed by atoms with Gasteiger partial charge in [0.25, 0.3) is 0 Å². The van der Waals surface area contributed by atoms with Gasteiger partial charge < -0.3 is 10.1 Å². The molecular weight excluding hydrogens is 396 g/mol. The summed E-state index contributed by atoms with van der Waals surface area (Å²) in [7, 11) is -2.00. The Bertz CT molecular complexity index is 901. The average molecular weight is 423 g/mol. The van der Waals surface area contributed by atoms with Crippen LogP contribution in [0.1, 0.15) is 19.8 Å². The molecule has 0 saturated carbocycles. The summed E-state index contributed by atoms with van der Waals surface area (Å²) < 4.78 is 31.1. The highest BCUT2D eigenvalue weighted by atomic mass is 32.2. The van der Waals surface area contributed by atoms with E-state index in [1.54, 1.807) is 36.0 Å². The summed E-state index contributed by atoms with van der Waals surface area (Å²) in [5.74, 6) is 1.25. The predicted molar refractivity (Wildman–Crippen MR) is 116 cm³/mol. The van der Waals surface area contributed by atoms with Crippen LogP contribution in [0.3, 0.4) is 0 Å². The fourth-order valence-electron chi connectivity index (χ4n) is 2.75.